The smallest absolute Gasteiger partial charge is 0.0366 e. The molecule has 0 heterocycles. The van der Waals surface area contributed by atoms with E-state index < -0.39 is 0 Å². The molecule has 0 aliphatic carbocycles. The zero-order valence-electron chi connectivity index (χ0n) is 15.9. The molecular formula is C24H28NP. The number of hydrogen-bond donors (Lipinski definition) is 0. The van der Waals surface area contributed by atoms with E-state index in [1.54, 1.807) is 0 Å². The molecule has 2 heteroatoms. The van der Waals surface area contributed by atoms with Crippen LogP contribution in [0.3, 0.4) is 0 Å². The predicted molar refractivity (Wildman–Crippen MR) is 117 cm³/mol. The topological polar surface area (TPSA) is 3.24 Å². The van der Waals surface area contributed by atoms with Crippen molar-refractivity contribution in [2.75, 3.05) is 18.1 Å². The molecule has 0 aliphatic heterocycles. The Kier molecular flexibility index (Phi) is 6.47. The minimum absolute atomic E-state index is 0.387. The lowest BCUT2D eigenvalue weighted by atomic mass is 10.0. The Morgan fingerprint density at radius 2 is 1.12 bits per heavy atom. The number of rotatable bonds is 7. The molecule has 0 saturated carbocycles. The van der Waals surface area contributed by atoms with Crippen LogP contribution in [0.15, 0.2) is 91.0 Å². The van der Waals surface area contributed by atoms with Gasteiger partial charge in [-0.1, -0.05) is 92.7 Å². The van der Waals surface area contributed by atoms with E-state index in [0.717, 1.165) is 6.16 Å². The standard InChI is InChI=1S/C24H28NP/c1-20(2)24(25(3)21-13-7-4-8-14-21)19-26(22-15-9-5-10-16-22)23-17-11-6-12-18-23/h4-18,20,24H,19H2,1-3H3/t24-/m1/s1. The van der Waals surface area contributed by atoms with Crippen molar-refractivity contribution < 1.29 is 0 Å². The molecule has 1 nitrogen and oxygen atoms in total. The maximum absolute atomic E-state index is 2.46. The Morgan fingerprint density at radius 3 is 1.54 bits per heavy atom. The van der Waals surface area contributed by atoms with Gasteiger partial charge in [0.25, 0.3) is 0 Å². The average Bonchev–Trinajstić information content (AvgIpc) is 2.70. The van der Waals surface area contributed by atoms with Crippen molar-refractivity contribution in [3.05, 3.63) is 91.0 Å². The van der Waals surface area contributed by atoms with Crippen LogP contribution in [0.1, 0.15) is 13.8 Å². The summed E-state index contributed by atoms with van der Waals surface area (Å²) in [4.78, 5) is 2.46. The van der Waals surface area contributed by atoms with Crippen LogP contribution in [-0.2, 0) is 0 Å². The molecular weight excluding hydrogens is 333 g/mol. The Bertz CT molecular complexity index is 732. The van der Waals surface area contributed by atoms with E-state index in [4.69, 9.17) is 0 Å². The maximum Gasteiger partial charge on any atom is 0.0366 e. The molecule has 0 amide bonds. The van der Waals surface area contributed by atoms with E-state index in [9.17, 15) is 0 Å². The third kappa shape index (κ3) is 4.54. The van der Waals surface area contributed by atoms with Gasteiger partial charge in [-0.25, -0.2) is 0 Å². The molecule has 0 bridgehead atoms. The summed E-state index contributed by atoms with van der Waals surface area (Å²) in [6.45, 7) is 4.68. The summed E-state index contributed by atoms with van der Waals surface area (Å²) in [6, 6.07) is 33.3. The minimum Gasteiger partial charge on any atom is -0.371 e. The second-order valence-corrected chi connectivity index (χ2v) is 9.29. The van der Waals surface area contributed by atoms with Crippen molar-refractivity contribution in [1.82, 2.24) is 0 Å². The molecule has 0 radical (unpaired) electrons. The molecule has 26 heavy (non-hydrogen) atoms. The zero-order chi connectivity index (χ0) is 18.4. The summed E-state index contributed by atoms with van der Waals surface area (Å²) in [7, 11) is 1.85. The quantitative estimate of drug-likeness (QED) is 0.518. The Balaban J connectivity index is 1.93. The van der Waals surface area contributed by atoms with Gasteiger partial charge in [-0.3, -0.25) is 0 Å². The van der Waals surface area contributed by atoms with Gasteiger partial charge < -0.3 is 4.90 Å². The fourth-order valence-corrected chi connectivity index (χ4v) is 6.22. The van der Waals surface area contributed by atoms with E-state index >= 15 is 0 Å². The molecule has 0 fully saturated rings. The Labute approximate surface area is 159 Å². The molecule has 3 aromatic carbocycles. The summed E-state index contributed by atoms with van der Waals surface area (Å²) in [5.74, 6) is 0.581. The maximum atomic E-state index is 2.46. The fraction of sp³-hybridized carbons (Fsp3) is 0.250. The van der Waals surface area contributed by atoms with Gasteiger partial charge in [0.1, 0.15) is 0 Å². The van der Waals surface area contributed by atoms with E-state index in [1.165, 1.54) is 16.3 Å². The van der Waals surface area contributed by atoms with Crippen molar-refractivity contribution in [3.63, 3.8) is 0 Å². The molecule has 3 aromatic rings. The second-order valence-electron chi connectivity index (χ2n) is 7.04. The van der Waals surface area contributed by atoms with Crippen LogP contribution in [0.25, 0.3) is 0 Å². The molecule has 1 atom stereocenters. The van der Waals surface area contributed by atoms with E-state index in [0.29, 0.717) is 12.0 Å². The van der Waals surface area contributed by atoms with Crippen molar-refractivity contribution >= 4 is 24.2 Å². The molecule has 0 N–H and O–H groups in total. The van der Waals surface area contributed by atoms with E-state index in [2.05, 4.69) is 117 Å². The highest BCUT2D eigenvalue weighted by Gasteiger charge is 2.25. The lowest BCUT2D eigenvalue weighted by molar-refractivity contribution is 0.511. The van der Waals surface area contributed by atoms with Crippen molar-refractivity contribution in [2.45, 2.75) is 19.9 Å². The van der Waals surface area contributed by atoms with Crippen LogP contribution < -0.4 is 15.5 Å². The van der Waals surface area contributed by atoms with Crippen molar-refractivity contribution in [2.24, 2.45) is 5.92 Å². The number of nitrogens with zero attached hydrogens (tertiary/aromatic N) is 1. The third-order valence-corrected chi connectivity index (χ3v) is 7.52. The number of hydrogen-bond acceptors (Lipinski definition) is 1. The summed E-state index contributed by atoms with van der Waals surface area (Å²) in [6.07, 6.45) is 1.16. The highest BCUT2D eigenvalue weighted by Crippen LogP contribution is 2.37. The van der Waals surface area contributed by atoms with Gasteiger partial charge in [0.2, 0.25) is 0 Å². The number of anilines is 1. The van der Waals surface area contributed by atoms with Gasteiger partial charge in [-0.05, 0) is 42.7 Å². The van der Waals surface area contributed by atoms with Crippen LogP contribution in [0.4, 0.5) is 5.69 Å². The number of para-hydroxylation sites is 1. The highest BCUT2D eigenvalue weighted by atomic mass is 31.1. The van der Waals surface area contributed by atoms with Crippen LogP contribution in [-0.4, -0.2) is 19.3 Å². The lowest BCUT2D eigenvalue weighted by Crippen LogP contribution is -2.40. The molecule has 0 saturated heterocycles. The molecule has 134 valence electrons. The minimum atomic E-state index is -0.387. The highest BCUT2D eigenvalue weighted by molar-refractivity contribution is 7.73. The summed E-state index contributed by atoms with van der Waals surface area (Å²) >= 11 is 0. The Hall–Kier alpha value is -2.11. The largest absolute Gasteiger partial charge is 0.371 e. The number of benzene rings is 3. The van der Waals surface area contributed by atoms with Gasteiger partial charge in [-0.2, -0.15) is 0 Å². The molecule has 0 aliphatic rings. The molecule has 0 spiro atoms. The van der Waals surface area contributed by atoms with Gasteiger partial charge in [-0.15, -0.1) is 0 Å². The summed E-state index contributed by atoms with van der Waals surface area (Å²) in [5.41, 5.74) is 1.29. The van der Waals surface area contributed by atoms with E-state index in [1.807, 2.05) is 0 Å². The van der Waals surface area contributed by atoms with Crippen molar-refractivity contribution in [3.8, 4) is 0 Å². The molecule has 3 rings (SSSR count). The summed E-state index contributed by atoms with van der Waals surface area (Å²) in [5, 5.41) is 2.92. The first kappa shape index (κ1) is 18.7. The van der Waals surface area contributed by atoms with Gasteiger partial charge in [0, 0.05) is 18.8 Å². The van der Waals surface area contributed by atoms with Crippen LogP contribution in [0.5, 0.6) is 0 Å². The zero-order valence-corrected chi connectivity index (χ0v) is 16.8. The van der Waals surface area contributed by atoms with Crippen LogP contribution in [0.2, 0.25) is 0 Å². The van der Waals surface area contributed by atoms with Crippen LogP contribution in [0, 0.1) is 5.92 Å². The van der Waals surface area contributed by atoms with E-state index in [-0.39, 0.29) is 7.92 Å². The third-order valence-electron chi connectivity index (χ3n) is 4.94. The first-order valence-electron chi connectivity index (χ1n) is 9.32. The Morgan fingerprint density at radius 1 is 0.692 bits per heavy atom. The predicted octanol–water partition coefficient (Wildman–Crippen LogP) is 5.28. The molecule has 0 aromatic heterocycles. The molecule has 0 unspecified atom stereocenters. The summed E-state index contributed by atoms with van der Waals surface area (Å²) < 4.78 is 0. The SMILES string of the molecule is CC(C)[C@@H](CP(c1ccccc1)c1ccccc1)N(C)c1ccccc1. The van der Waals surface area contributed by atoms with Gasteiger partial charge in [0.15, 0.2) is 0 Å². The monoisotopic (exact) mass is 361 g/mol. The van der Waals surface area contributed by atoms with Crippen molar-refractivity contribution in [1.29, 1.82) is 0 Å². The first-order valence-corrected chi connectivity index (χ1v) is 10.8. The van der Waals surface area contributed by atoms with Crippen LogP contribution >= 0.6 is 7.92 Å². The second kappa shape index (κ2) is 9.01. The van der Waals surface area contributed by atoms with Gasteiger partial charge >= 0.3 is 0 Å². The lowest BCUT2D eigenvalue weighted by Gasteiger charge is -2.36. The first-order chi connectivity index (χ1) is 12.7. The average molecular weight is 361 g/mol. The van der Waals surface area contributed by atoms with Gasteiger partial charge in [0.05, 0.1) is 0 Å². The fourth-order valence-electron chi connectivity index (χ4n) is 3.40. The normalized spacial score (nSPS) is 12.3.